The molecule has 142 valence electrons. The highest BCUT2D eigenvalue weighted by molar-refractivity contribution is 5.94. The van der Waals surface area contributed by atoms with Crippen LogP contribution in [0.15, 0.2) is 42.5 Å². The van der Waals surface area contributed by atoms with E-state index in [9.17, 15) is 9.90 Å². The molecule has 1 spiro atoms. The first-order valence-corrected chi connectivity index (χ1v) is 9.44. The number of morpholine rings is 1. The Balaban J connectivity index is 1.60. The molecule has 2 aliphatic heterocycles. The molecule has 0 aliphatic carbocycles. The number of aromatic nitrogens is 1. The van der Waals surface area contributed by atoms with Crippen molar-refractivity contribution in [3.8, 4) is 11.3 Å². The van der Waals surface area contributed by atoms with E-state index in [1.165, 1.54) is 0 Å². The number of carboxylic acids is 1. The SMILES string of the molecule is CN1CCOC2(CCN(c3nc(-c4ccccc4)ccc3C(=O)O)CC2)C1. The van der Waals surface area contributed by atoms with E-state index in [2.05, 4.69) is 16.8 Å². The summed E-state index contributed by atoms with van der Waals surface area (Å²) in [5.41, 5.74) is 1.93. The Morgan fingerprint density at radius 3 is 2.52 bits per heavy atom. The first-order chi connectivity index (χ1) is 13.1. The van der Waals surface area contributed by atoms with Gasteiger partial charge >= 0.3 is 5.97 Å². The third-order valence-corrected chi connectivity index (χ3v) is 5.59. The van der Waals surface area contributed by atoms with Crippen molar-refractivity contribution < 1.29 is 14.6 Å². The molecular formula is C21H25N3O3. The zero-order chi connectivity index (χ0) is 18.9. The van der Waals surface area contributed by atoms with E-state index >= 15 is 0 Å². The van der Waals surface area contributed by atoms with Gasteiger partial charge in [0.1, 0.15) is 11.4 Å². The second-order valence-electron chi connectivity index (χ2n) is 7.50. The lowest BCUT2D eigenvalue weighted by atomic mass is 9.89. The van der Waals surface area contributed by atoms with Crippen LogP contribution in [0.25, 0.3) is 11.3 Å². The summed E-state index contributed by atoms with van der Waals surface area (Å²) in [7, 11) is 2.13. The third-order valence-electron chi connectivity index (χ3n) is 5.59. The molecule has 27 heavy (non-hydrogen) atoms. The van der Waals surface area contributed by atoms with Crippen LogP contribution in [0.4, 0.5) is 5.82 Å². The molecule has 4 rings (SSSR count). The number of carbonyl (C=O) groups is 1. The van der Waals surface area contributed by atoms with Gasteiger partial charge in [0, 0.05) is 31.7 Å². The number of anilines is 1. The highest BCUT2D eigenvalue weighted by atomic mass is 16.5. The fourth-order valence-electron chi connectivity index (χ4n) is 4.09. The zero-order valence-electron chi connectivity index (χ0n) is 15.6. The predicted molar refractivity (Wildman–Crippen MR) is 104 cm³/mol. The van der Waals surface area contributed by atoms with Gasteiger partial charge in [-0.2, -0.15) is 0 Å². The molecule has 0 saturated carbocycles. The van der Waals surface area contributed by atoms with E-state index in [4.69, 9.17) is 9.72 Å². The van der Waals surface area contributed by atoms with Gasteiger partial charge in [-0.25, -0.2) is 9.78 Å². The van der Waals surface area contributed by atoms with Crippen LogP contribution in [-0.2, 0) is 4.74 Å². The topological polar surface area (TPSA) is 65.9 Å². The molecule has 2 saturated heterocycles. The number of ether oxygens (including phenoxy) is 1. The first-order valence-electron chi connectivity index (χ1n) is 9.44. The molecule has 0 radical (unpaired) electrons. The Kier molecular flexibility index (Phi) is 4.85. The van der Waals surface area contributed by atoms with Gasteiger partial charge in [-0.15, -0.1) is 0 Å². The van der Waals surface area contributed by atoms with E-state index in [1.54, 1.807) is 12.1 Å². The van der Waals surface area contributed by atoms with Crippen molar-refractivity contribution in [2.24, 2.45) is 0 Å². The minimum atomic E-state index is -0.939. The fraction of sp³-hybridized carbons (Fsp3) is 0.429. The van der Waals surface area contributed by atoms with Crippen LogP contribution < -0.4 is 4.90 Å². The number of likely N-dealkylation sites (N-methyl/N-ethyl adjacent to an activating group) is 1. The van der Waals surface area contributed by atoms with Crippen molar-refractivity contribution >= 4 is 11.8 Å². The maximum atomic E-state index is 11.8. The summed E-state index contributed by atoms with van der Waals surface area (Å²) in [6.45, 7) is 4.16. The van der Waals surface area contributed by atoms with Gasteiger partial charge in [0.15, 0.2) is 0 Å². The van der Waals surface area contributed by atoms with Gasteiger partial charge in [0.05, 0.1) is 17.9 Å². The van der Waals surface area contributed by atoms with Gasteiger partial charge in [0.25, 0.3) is 0 Å². The number of pyridine rings is 1. The number of benzene rings is 1. The quantitative estimate of drug-likeness (QED) is 0.900. The summed E-state index contributed by atoms with van der Waals surface area (Å²) in [5, 5.41) is 9.64. The van der Waals surface area contributed by atoms with Crippen LogP contribution in [-0.4, -0.2) is 66.4 Å². The average molecular weight is 367 g/mol. The number of nitrogens with zero attached hydrogens (tertiary/aromatic N) is 3. The number of piperidine rings is 1. The standard InChI is InChI=1S/C21H25N3O3/c1-23-13-14-27-21(15-23)9-11-24(12-10-21)19-17(20(25)26)7-8-18(22-19)16-5-3-2-4-6-16/h2-8H,9-15H2,1H3,(H,25,26). The Hall–Kier alpha value is -2.44. The Bertz CT molecular complexity index is 817. The van der Waals surface area contributed by atoms with Crippen molar-refractivity contribution in [3.63, 3.8) is 0 Å². The smallest absolute Gasteiger partial charge is 0.339 e. The summed E-state index contributed by atoms with van der Waals surface area (Å²) in [6.07, 6.45) is 1.77. The molecule has 3 heterocycles. The van der Waals surface area contributed by atoms with Crippen molar-refractivity contribution in [1.29, 1.82) is 0 Å². The van der Waals surface area contributed by atoms with E-state index in [-0.39, 0.29) is 11.2 Å². The molecule has 0 amide bonds. The molecular weight excluding hydrogens is 342 g/mol. The van der Waals surface area contributed by atoms with Crippen LogP contribution in [0.5, 0.6) is 0 Å². The molecule has 1 N–H and O–H groups in total. The normalized spacial score (nSPS) is 20.0. The molecule has 0 atom stereocenters. The second kappa shape index (κ2) is 7.29. The lowest BCUT2D eigenvalue weighted by Crippen LogP contribution is -2.56. The molecule has 2 aromatic rings. The van der Waals surface area contributed by atoms with Crippen molar-refractivity contribution in [2.45, 2.75) is 18.4 Å². The largest absolute Gasteiger partial charge is 0.478 e. The minimum absolute atomic E-state index is 0.107. The van der Waals surface area contributed by atoms with Crippen molar-refractivity contribution in [3.05, 3.63) is 48.0 Å². The average Bonchev–Trinajstić information content (AvgIpc) is 2.69. The summed E-state index contributed by atoms with van der Waals surface area (Å²) < 4.78 is 6.13. The maximum Gasteiger partial charge on any atom is 0.339 e. The number of carboxylic acid groups (broad SMARTS) is 1. The van der Waals surface area contributed by atoms with Crippen LogP contribution in [0, 0.1) is 0 Å². The van der Waals surface area contributed by atoms with E-state index in [1.807, 2.05) is 30.3 Å². The number of hydrogen-bond donors (Lipinski definition) is 1. The molecule has 1 aromatic heterocycles. The molecule has 6 heteroatoms. The van der Waals surface area contributed by atoms with Crippen LogP contribution in [0.3, 0.4) is 0 Å². The van der Waals surface area contributed by atoms with Crippen LogP contribution in [0.2, 0.25) is 0 Å². The Morgan fingerprint density at radius 2 is 1.85 bits per heavy atom. The summed E-state index contributed by atoms with van der Waals surface area (Å²) in [5.74, 6) is -0.381. The molecule has 2 aliphatic rings. The Morgan fingerprint density at radius 1 is 1.11 bits per heavy atom. The summed E-state index contributed by atoms with van der Waals surface area (Å²) in [6, 6.07) is 13.3. The summed E-state index contributed by atoms with van der Waals surface area (Å²) >= 11 is 0. The monoisotopic (exact) mass is 367 g/mol. The van der Waals surface area contributed by atoms with Gasteiger partial charge in [-0.05, 0) is 32.0 Å². The van der Waals surface area contributed by atoms with E-state index in [0.29, 0.717) is 5.82 Å². The lowest BCUT2D eigenvalue weighted by Gasteiger charge is -2.46. The molecule has 1 aromatic carbocycles. The zero-order valence-corrected chi connectivity index (χ0v) is 15.6. The number of aromatic carboxylic acids is 1. The van der Waals surface area contributed by atoms with Gasteiger partial charge in [-0.1, -0.05) is 30.3 Å². The number of hydrogen-bond acceptors (Lipinski definition) is 5. The summed E-state index contributed by atoms with van der Waals surface area (Å²) in [4.78, 5) is 20.9. The van der Waals surface area contributed by atoms with Gasteiger partial charge in [-0.3, -0.25) is 0 Å². The van der Waals surface area contributed by atoms with Crippen LogP contribution in [0.1, 0.15) is 23.2 Å². The Labute approximate surface area is 159 Å². The highest BCUT2D eigenvalue weighted by Crippen LogP contribution is 2.33. The molecule has 6 nitrogen and oxygen atoms in total. The minimum Gasteiger partial charge on any atom is -0.478 e. The van der Waals surface area contributed by atoms with Crippen LogP contribution >= 0.6 is 0 Å². The third kappa shape index (κ3) is 3.68. The second-order valence-corrected chi connectivity index (χ2v) is 7.50. The number of rotatable bonds is 3. The lowest BCUT2D eigenvalue weighted by molar-refractivity contribution is -0.115. The van der Waals surface area contributed by atoms with Crippen molar-refractivity contribution in [1.82, 2.24) is 9.88 Å². The fourth-order valence-corrected chi connectivity index (χ4v) is 4.09. The van der Waals surface area contributed by atoms with E-state index < -0.39 is 5.97 Å². The van der Waals surface area contributed by atoms with Crippen molar-refractivity contribution in [2.75, 3.05) is 44.7 Å². The molecule has 0 unspecified atom stereocenters. The first kappa shape index (κ1) is 17.9. The van der Waals surface area contributed by atoms with Gasteiger partial charge < -0.3 is 19.6 Å². The highest BCUT2D eigenvalue weighted by Gasteiger charge is 2.39. The molecule has 2 fully saturated rings. The van der Waals surface area contributed by atoms with Gasteiger partial charge in [0.2, 0.25) is 0 Å². The van der Waals surface area contributed by atoms with E-state index in [0.717, 1.165) is 56.9 Å². The molecule has 0 bridgehead atoms. The predicted octanol–water partition coefficient (Wildman–Crippen LogP) is 2.75. The maximum absolute atomic E-state index is 11.8.